The number of ether oxygens (including phenoxy) is 1. The molecule has 140 valence electrons. The molecule has 0 saturated carbocycles. The monoisotopic (exact) mass is 387 g/mol. The van der Waals surface area contributed by atoms with Crippen LogP contribution in [0.2, 0.25) is 5.02 Å². The van der Waals surface area contributed by atoms with E-state index in [1.807, 2.05) is 6.07 Å². The van der Waals surface area contributed by atoms with Gasteiger partial charge in [0.25, 0.3) is 5.91 Å². The van der Waals surface area contributed by atoms with Crippen molar-refractivity contribution in [1.82, 2.24) is 15.1 Å². The number of carbonyl (C=O) groups is 1. The summed E-state index contributed by atoms with van der Waals surface area (Å²) in [4.78, 5) is 16.1. The van der Waals surface area contributed by atoms with E-state index in [0.29, 0.717) is 16.6 Å². The molecule has 2 fully saturated rings. The zero-order valence-electron chi connectivity index (χ0n) is 14.8. The lowest BCUT2D eigenvalue weighted by molar-refractivity contribution is 0.0827. The second-order valence-electron chi connectivity index (χ2n) is 6.85. The Morgan fingerprint density at radius 1 is 1.28 bits per heavy atom. The fourth-order valence-corrected chi connectivity index (χ4v) is 3.78. The molecule has 5 nitrogen and oxygen atoms in total. The van der Waals surface area contributed by atoms with Gasteiger partial charge in [0, 0.05) is 33.2 Å². The number of rotatable bonds is 4. The van der Waals surface area contributed by atoms with Gasteiger partial charge in [-0.2, -0.15) is 0 Å². The number of hydrogen-bond donors (Lipinski definition) is 1. The zero-order valence-corrected chi connectivity index (χ0v) is 16.4. The third-order valence-corrected chi connectivity index (χ3v) is 5.19. The van der Waals surface area contributed by atoms with Gasteiger partial charge in [-0.15, -0.1) is 12.4 Å². The summed E-state index contributed by atoms with van der Waals surface area (Å²) in [7, 11) is 3.44. The molecular weight excluding hydrogens is 361 g/mol. The molecule has 0 aliphatic carbocycles. The van der Waals surface area contributed by atoms with Crippen molar-refractivity contribution in [2.24, 2.45) is 0 Å². The van der Waals surface area contributed by atoms with E-state index in [1.54, 1.807) is 26.2 Å². The van der Waals surface area contributed by atoms with Gasteiger partial charge >= 0.3 is 0 Å². The molecule has 0 unspecified atom stereocenters. The van der Waals surface area contributed by atoms with Crippen molar-refractivity contribution < 1.29 is 9.53 Å². The van der Waals surface area contributed by atoms with Crippen LogP contribution in [0, 0.1) is 0 Å². The van der Waals surface area contributed by atoms with Crippen molar-refractivity contribution in [2.75, 3.05) is 40.3 Å². The van der Waals surface area contributed by atoms with Crippen molar-refractivity contribution in [3.05, 3.63) is 28.8 Å². The van der Waals surface area contributed by atoms with Crippen molar-refractivity contribution >= 4 is 29.9 Å². The minimum absolute atomic E-state index is 0. The van der Waals surface area contributed by atoms with E-state index in [-0.39, 0.29) is 24.4 Å². The molecule has 1 N–H and O–H groups in total. The highest BCUT2D eigenvalue weighted by atomic mass is 35.5. The smallest absolute Gasteiger partial charge is 0.254 e. The molecule has 7 heteroatoms. The fourth-order valence-electron chi connectivity index (χ4n) is 3.53. The Bertz CT molecular complexity index is 592. The maximum absolute atomic E-state index is 12.0. The van der Waals surface area contributed by atoms with Gasteiger partial charge in [-0.25, -0.2) is 0 Å². The molecular formula is C18H27Cl2N3O2. The molecule has 2 heterocycles. The maximum Gasteiger partial charge on any atom is 0.254 e. The SMILES string of the molecule is CN(C)C(=O)c1ccc(O[C@H]2CCN(C3CCNCC3)C2)cc1Cl.Cl. The van der Waals surface area contributed by atoms with Gasteiger partial charge in [0.2, 0.25) is 0 Å². The van der Waals surface area contributed by atoms with Gasteiger partial charge in [-0.3, -0.25) is 9.69 Å². The first kappa shape index (κ1) is 20.3. The van der Waals surface area contributed by atoms with Gasteiger partial charge in [-0.1, -0.05) is 11.6 Å². The van der Waals surface area contributed by atoms with Crippen LogP contribution in [0.5, 0.6) is 5.75 Å². The van der Waals surface area contributed by atoms with Crippen LogP contribution in [0.3, 0.4) is 0 Å². The minimum Gasteiger partial charge on any atom is -0.489 e. The number of nitrogens with zero attached hydrogens (tertiary/aromatic N) is 2. The Labute approximate surface area is 161 Å². The average molecular weight is 388 g/mol. The van der Waals surface area contributed by atoms with E-state index >= 15 is 0 Å². The van der Waals surface area contributed by atoms with E-state index in [0.717, 1.165) is 38.3 Å². The summed E-state index contributed by atoms with van der Waals surface area (Å²) in [6.45, 7) is 4.30. The molecule has 1 amide bonds. The Morgan fingerprint density at radius 3 is 2.64 bits per heavy atom. The molecule has 2 saturated heterocycles. The second-order valence-corrected chi connectivity index (χ2v) is 7.25. The second kappa shape index (κ2) is 9.08. The molecule has 1 atom stereocenters. The number of nitrogens with one attached hydrogen (secondary N) is 1. The first-order valence-electron chi connectivity index (χ1n) is 8.67. The maximum atomic E-state index is 12.0. The summed E-state index contributed by atoms with van der Waals surface area (Å²) in [5.74, 6) is 0.650. The predicted octanol–water partition coefficient (Wildman–Crippen LogP) is 2.67. The van der Waals surface area contributed by atoms with Gasteiger partial charge in [-0.05, 0) is 50.6 Å². The van der Waals surface area contributed by atoms with Crippen LogP contribution >= 0.6 is 24.0 Å². The number of benzene rings is 1. The first-order chi connectivity index (χ1) is 11.5. The number of hydrogen-bond acceptors (Lipinski definition) is 4. The first-order valence-corrected chi connectivity index (χ1v) is 9.05. The van der Waals surface area contributed by atoms with Crippen LogP contribution < -0.4 is 10.1 Å². The lowest BCUT2D eigenvalue weighted by atomic mass is 10.1. The van der Waals surface area contributed by atoms with Crippen LogP contribution in [-0.2, 0) is 0 Å². The number of piperidine rings is 1. The molecule has 1 aromatic rings. The van der Waals surface area contributed by atoms with Crippen LogP contribution in [0.15, 0.2) is 18.2 Å². The summed E-state index contributed by atoms with van der Waals surface area (Å²) in [6.07, 6.45) is 3.69. The van der Waals surface area contributed by atoms with Gasteiger partial charge in [0.15, 0.2) is 0 Å². The Morgan fingerprint density at radius 2 is 2.00 bits per heavy atom. The highest BCUT2D eigenvalue weighted by molar-refractivity contribution is 6.34. The molecule has 2 aliphatic heterocycles. The fraction of sp³-hybridized carbons (Fsp3) is 0.611. The van der Waals surface area contributed by atoms with Gasteiger partial charge in [0.1, 0.15) is 11.9 Å². The molecule has 0 radical (unpaired) electrons. The summed E-state index contributed by atoms with van der Waals surface area (Å²) in [5, 5.41) is 3.86. The number of amides is 1. The van der Waals surface area contributed by atoms with E-state index in [2.05, 4.69) is 10.2 Å². The van der Waals surface area contributed by atoms with E-state index in [9.17, 15) is 4.79 Å². The summed E-state index contributed by atoms with van der Waals surface area (Å²) in [6, 6.07) is 6.03. The minimum atomic E-state index is -0.0931. The molecule has 0 spiro atoms. The van der Waals surface area contributed by atoms with Crippen LogP contribution in [0.4, 0.5) is 0 Å². The molecule has 1 aromatic carbocycles. The molecule has 25 heavy (non-hydrogen) atoms. The number of likely N-dealkylation sites (tertiary alicyclic amines) is 1. The zero-order chi connectivity index (χ0) is 17.1. The van der Waals surface area contributed by atoms with Crippen molar-refractivity contribution in [2.45, 2.75) is 31.4 Å². The average Bonchev–Trinajstić information content (AvgIpc) is 3.03. The van der Waals surface area contributed by atoms with E-state index in [4.69, 9.17) is 16.3 Å². The van der Waals surface area contributed by atoms with Crippen LogP contribution in [0.1, 0.15) is 29.6 Å². The number of carbonyl (C=O) groups excluding carboxylic acids is 1. The topological polar surface area (TPSA) is 44.8 Å². The highest BCUT2D eigenvalue weighted by Crippen LogP contribution is 2.27. The van der Waals surface area contributed by atoms with Crippen LogP contribution in [0.25, 0.3) is 0 Å². The van der Waals surface area contributed by atoms with Crippen molar-refractivity contribution in [1.29, 1.82) is 0 Å². The third-order valence-electron chi connectivity index (χ3n) is 4.88. The summed E-state index contributed by atoms with van der Waals surface area (Å²) in [5.41, 5.74) is 0.511. The van der Waals surface area contributed by atoms with Gasteiger partial charge in [0.05, 0.1) is 10.6 Å². The van der Waals surface area contributed by atoms with E-state index < -0.39 is 0 Å². The normalized spacial score (nSPS) is 21.6. The van der Waals surface area contributed by atoms with Crippen molar-refractivity contribution in [3.63, 3.8) is 0 Å². The molecule has 0 aromatic heterocycles. The molecule has 2 aliphatic rings. The lowest BCUT2D eigenvalue weighted by Gasteiger charge is -2.31. The predicted molar refractivity (Wildman–Crippen MR) is 103 cm³/mol. The Balaban J connectivity index is 0.00000225. The molecule has 3 rings (SSSR count). The van der Waals surface area contributed by atoms with Crippen LogP contribution in [-0.4, -0.2) is 68.1 Å². The Kier molecular flexibility index (Phi) is 7.37. The third kappa shape index (κ3) is 5.00. The number of halogens is 2. The summed E-state index contributed by atoms with van der Waals surface area (Å²) < 4.78 is 6.11. The highest BCUT2D eigenvalue weighted by Gasteiger charge is 2.30. The largest absolute Gasteiger partial charge is 0.489 e. The van der Waals surface area contributed by atoms with Crippen molar-refractivity contribution in [3.8, 4) is 5.75 Å². The Hall–Kier alpha value is -1.01. The quantitative estimate of drug-likeness (QED) is 0.862. The standard InChI is InChI=1S/C18H26ClN3O2.ClH/c1-21(2)18(23)16-4-3-14(11-17(16)19)24-15-7-10-22(12-15)13-5-8-20-9-6-13;/h3-4,11,13,15,20H,5-10,12H2,1-2H3;1H/t15-;/m0./s1. The lowest BCUT2D eigenvalue weighted by Crippen LogP contribution is -2.42. The summed E-state index contributed by atoms with van der Waals surface area (Å²) >= 11 is 6.26. The van der Waals surface area contributed by atoms with Gasteiger partial charge < -0.3 is 15.0 Å². The molecule has 0 bridgehead atoms. The van der Waals surface area contributed by atoms with E-state index in [1.165, 1.54) is 17.7 Å².